The van der Waals surface area contributed by atoms with E-state index in [9.17, 15) is 4.79 Å². The fourth-order valence-corrected chi connectivity index (χ4v) is 2.93. The summed E-state index contributed by atoms with van der Waals surface area (Å²) in [6.07, 6.45) is 4.77. The maximum absolute atomic E-state index is 12.4. The Labute approximate surface area is 112 Å². The number of hydrogen-bond donors (Lipinski definition) is 2. The van der Waals surface area contributed by atoms with Crippen molar-refractivity contribution in [3.63, 3.8) is 0 Å². The number of carbonyl (C=O) groups is 1. The van der Waals surface area contributed by atoms with Crippen LogP contribution in [0.4, 0.5) is 0 Å². The molecule has 0 bridgehead atoms. The molecule has 19 heavy (non-hydrogen) atoms. The van der Waals surface area contributed by atoms with Gasteiger partial charge < -0.3 is 15.6 Å². The Bertz CT molecular complexity index is 617. The number of nitrogens with zero attached hydrogens (tertiary/aromatic N) is 1. The highest BCUT2D eigenvalue weighted by Crippen LogP contribution is 2.22. The van der Waals surface area contributed by atoms with Gasteiger partial charge in [-0.3, -0.25) is 4.79 Å². The number of nitrogens with two attached hydrogens (primary N) is 1. The molecular weight excluding hydrogens is 238 g/mol. The lowest BCUT2D eigenvalue weighted by atomic mass is 10.1. The predicted molar refractivity (Wildman–Crippen MR) is 76.0 cm³/mol. The third-order valence-corrected chi connectivity index (χ3v) is 3.95. The Balaban J connectivity index is 1.86. The van der Waals surface area contributed by atoms with Crippen molar-refractivity contribution in [1.82, 2.24) is 9.88 Å². The molecule has 2 aromatic rings. The van der Waals surface area contributed by atoms with Crippen molar-refractivity contribution < 1.29 is 4.79 Å². The van der Waals surface area contributed by atoms with Crippen LogP contribution < -0.4 is 11.1 Å². The van der Waals surface area contributed by atoms with E-state index < -0.39 is 0 Å². The Hall–Kier alpha value is -1.81. The maximum atomic E-state index is 12.4. The monoisotopic (exact) mass is 257 g/mol. The summed E-state index contributed by atoms with van der Waals surface area (Å²) >= 11 is 0. The van der Waals surface area contributed by atoms with Gasteiger partial charge >= 0.3 is 0 Å². The van der Waals surface area contributed by atoms with Crippen molar-refractivity contribution in [2.75, 3.05) is 0 Å². The first-order valence-corrected chi connectivity index (χ1v) is 6.75. The highest BCUT2D eigenvalue weighted by molar-refractivity contribution is 6.07. The van der Waals surface area contributed by atoms with Crippen LogP contribution in [0.3, 0.4) is 0 Å². The van der Waals surface area contributed by atoms with Crippen molar-refractivity contribution >= 4 is 16.8 Å². The van der Waals surface area contributed by atoms with E-state index in [1.165, 1.54) is 0 Å². The van der Waals surface area contributed by atoms with Crippen molar-refractivity contribution in [3.05, 3.63) is 36.0 Å². The highest BCUT2D eigenvalue weighted by Gasteiger charge is 2.24. The van der Waals surface area contributed by atoms with Gasteiger partial charge in [-0.2, -0.15) is 0 Å². The van der Waals surface area contributed by atoms with Crippen LogP contribution in [0, 0.1) is 0 Å². The lowest BCUT2D eigenvalue weighted by Gasteiger charge is -2.11. The topological polar surface area (TPSA) is 60.0 Å². The van der Waals surface area contributed by atoms with Crippen LogP contribution in [0.1, 0.15) is 29.6 Å². The zero-order valence-corrected chi connectivity index (χ0v) is 11.1. The Kier molecular flexibility index (Phi) is 3.03. The summed E-state index contributed by atoms with van der Waals surface area (Å²) in [7, 11) is 1.96. The highest BCUT2D eigenvalue weighted by atomic mass is 16.1. The van der Waals surface area contributed by atoms with E-state index in [1.807, 2.05) is 42.1 Å². The second-order valence-electron chi connectivity index (χ2n) is 5.41. The number of nitrogens with one attached hydrogen (secondary N) is 1. The summed E-state index contributed by atoms with van der Waals surface area (Å²) in [5.41, 5.74) is 7.71. The molecule has 0 radical (unpaired) electrons. The second kappa shape index (κ2) is 4.70. The molecule has 1 heterocycles. The van der Waals surface area contributed by atoms with Gasteiger partial charge in [0.25, 0.3) is 5.91 Å². The number of hydrogen-bond acceptors (Lipinski definition) is 2. The average molecular weight is 257 g/mol. The average Bonchev–Trinajstić information content (AvgIpc) is 2.95. The number of rotatable bonds is 2. The van der Waals surface area contributed by atoms with Crippen molar-refractivity contribution in [2.24, 2.45) is 12.8 Å². The van der Waals surface area contributed by atoms with E-state index in [0.717, 1.165) is 35.7 Å². The number of fused-ring (bicyclic) bond motifs is 1. The molecule has 2 unspecified atom stereocenters. The molecular formula is C15H19N3O. The fourth-order valence-electron chi connectivity index (χ4n) is 2.93. The fraction of sp³-hybridized carbons (Fsp3) is 0.400. The molecule has 1 aliphatic rings. The summed E-state index contributed by atoms with van der Waals surface area (Å²) in [5.74, 6) is 0.0101. The van der Waals surface area contributed by atoms with Crippen molar-refractivity contribution in [2.45, 2.75) is 31.3 Å². The first-order chi connectivity index (χ1) is 9.15. The van der Waals surface area contributed by atoms with Crippen LogP contribution in [-0.2, 0) is 7.05 Å². The van der Waals surface area contributed by atoms with E-state index in [0.29, 0.717) is 0 Å². The second-order valence-corrected chi connectivity index (χ2v) is 5.41. The molecule has 1 aromatic heterocycles. The van der Waals surface area contributed by atoms with Crippen LogP contribution in [0.5, 0.6) is 0 Å². The molecule has 2 atom stereocenters. The van der Waals surface area contributed by atoms with Gasteiger partial charge in [0.15, 0.2) is 0 Å². The molecule has 0 spiro atoms. The number of aryl methyl sites for hydroxylation is 1. The molecule has 1 aromatic carbocycles. The Morgan fingerprint density at radius 1 is 1.37 bits per heavy atom. The maximum Gasteiger partial charge on any atom is 0.253 e. The summed E-state index contributed by atoms with van der Waals surface area (Å²) in [4.78, 5) is 12.4. The molecule has 100 valence electrons. The predicted octanol–water partition coefficient (Wildman–Crippen LogP) is 1.79. The van der Waals surface area contributed by atoms with Crippen LogP contribution >= 0.6 is 0 Å². The molecule has 0 aliphatic heterocycles. The normalized spacial score (nSPS) is 22.8. The molecule has 0 saturated heterocycles. The quantitative estimate of drug-likeness (QED) is 0.861. The molecule has 4 heteroatoms. The zero-order valence-electron chi connectivity index (χ0n) is 11.1. The number of amides is 1. The smallest absolute Gasteiger partial charge is 0.253 e. The number of benzene rings is 1. The minimum Gasteiger partial charge on any atom is -0.350 e. The van der Waals surface area contributed by atoms with Crippen LogP contribution in [0.15, 0.2) is 30.5 Å². The van der Waals surface area contributed by atoms with E-state index >= 15 is 0 Å². The lowest BCUT2D eigenvalue weighted by molar-refractivity contribution is 0.0939. The van der Waals surface area contributed by atoms with Gasteiger partial charge in [0.2, 0.25) is 0 Å². The van der Waals surface area contributed by atoms with Crippen LogP contribution in [0.2, 0.25) is 0 Å². The first-order valence-electron chi connectivity index (χ1n) is 6.75. The SMILES string of the molecule is Cn1cc(C(=O)NC2CCC(N)C2)c2ccccc21. The number of carbonyl (C=O) groups excluding carboxylic acids is 1. The van der Waals surface area contributed by atoms with Gasteiger partial charge in [-0.25, -0.2) is 0 Å². The number of para-hydroxylation sites is 1. The summed E-state index contributed by atoms with van der Waals surface area (Å²) in [6.45, 7) is 0. The van der Waals surface area contributed by atoms with Gasteiger partial charge in [-0.05, 0) is 25.3 Å². The summed E-state index contributed by atoms with van der Waals surface area (Å²) in [6, 6.07) is 8.42. The van der Waals surface area contributed by atoms with E-state index in [-0.39, 0.29) is 18.0 Å². The van der Waals surface area contributed by atoms with Gasteiger partial charge in [-0.1, -0.05) is 18.2 Å². The van der Waals surface area contributed by atoms with Gasteiger partial charge in [0, 0.05) is 36.2 Å². The molecule has 1 amide bonds. The van der Waals surface area contributed by atoms with Gasteiger partial charge in [0.05, 0.1) is 5.56 Å². The third kappa shape index (κ3) is 2.24. The zero-order chi connectivity index (χ0) is 13.4. The molecule has 1 saturated carbocycles. The molecule has 3 N–H and O–H groups in total. The minimum atomic E-state index is 0.0101. The van der Waals surface area contributed by atoms with Gasteiger partial charge in [-0.15, -0.1) is 0 Å². The molecule has 3 rings (SSSR count). The van der Waals surface area contributed by atoms with Crippen molar-refractivity contribution in [3.8, 4) is 0 Å². The van der Waals surface area contributed by atoms with Crippen LogP contribution in [-0.4, -0.2) is 22.6 Å². The van der Waals surface area contributed by atoms with Crippen molar-refractivity contribution in [1.29, 1.82) is 0 Å². The standard InChI is InChI=1S/C15H19N3O/c1-18-9-13(12-4-2-3-5-14(12)18)15(19)17-11-7-6-10(16)8-11/h2-5,9-11H,6-8,16H2,1H3,(H,17,19). The van der Waals surface area contributed by atoms with E-state index in [4.69, 9.17) is 5.73 Å². The third-order valence-electron chi connectivity index (χ3n) is 3.95. The molecule has 1 fully saturated rings. The summed E-state index contributed by atoms with van der Waals surface area (Å²) < 4.78 is 1.99. The minimum absolute atomic E-state index is 0.0101. The Morgan fingerprint density at radius 2 is 2.16 bits per heavy atom. The molecule has 1 aliphatic carbocycles. The molecule has 4 nitrogen and oxygen atoms in total. The van der Waals surface area contributed by atoms with Crippen LogP contribution in [0.25, 0.3) is 10.9 Å². The largest absolute Gasteiger partial charge is 0.350 e. The first kappa shape index (κ1) is 12.2. The number of aromatic nitrogens is 1. The van der Waals surface area contributed by atoms with Gasteiger partial charge in [0.1, 0.15) is 0 Å². The van der Waals surface area contributed by atoms with E-state index in [1.54, 1.807) is 0 Å². The lowest BCUT2D eigenvalue weighted by Crippen LogP contribution is -2.33. The van der Waals surface area contributed by atoms with E-state index in [2.05, 4.69) is 5.32 Å². The Morgan fingerprint density at radius 3 is 2.89 bits per heavy atom. The summed E-state index contributed by atoms with van der Waals surface area (Å²) in [5, 5.41) is 4.10.